The zero-order valence-electron chi connectivity index (χ0n) is 10.6. The van der Waals surface area contributed by atoms with E-state index in [4.69, 9.17) is 10.5 Å². The number of hydrogen-bond donors (Lipinski definition) is 1. The molecule has 1 aliphatic rings. The summed E-state index contributed by atoms with van der Waals surface area (Å²) in [5.74, 6) is 0.635. The van der Waals surface area contributed by atoms with E-state index in [1.165, 1.54) is 23.3 Å². The average molecular weight is 257 g/mol. The predicted octanol–water partition coefficient (Wildman–Crippen LogP) is 3.35. The summed E-state index contributed by atoms with van der Waals surface area (Å²) in [5.41, 5.74) is 9.25. The Hall–Kier alpha value is -1.87. The molecule has 1 aliphatic carbocycles. The van der Waals surface area contributed by atoms with Crippen LogP contribution in [0.4, 0.5) is 4.39 Å². The van der Waals surface area contributed by atoms with E-state index in [0.717, 1.165) is 24.2 Å². The molecule has 1 unspecified atom stereocenters. The second kappa shape index (κ2) is 5.02. The third kappa shape index (κ3) is 2.47. The van der Waals surface area contributed by atoms with Gasteiger partial charge in [0, 0.05) is 6.04 Å². The van der Waals surface area contributed by atoms with Crippen molar-refractivity contribution in [3.05, 3.63) is 65.0 Å². The molecule has 0 bridgehead atoms. The van der Waals surface area contributed by atoms with Gasteiger partial charge in [0.2, 0.25) is 0 Å². The van der Waals surface area contributed by atoms with Gasteiger partial charge in [0.15, 0.2) is 0 Å². The molecule has 0 fully saturated rings. The van der Waals surface area contributed by atoms with Crippen LogP contribution in [-0.4, -0.2) is 0 Å². The second-order valence-electron chi connectivity index (χ2n) is 4.89. The van der Waals surface area contributed by atoms with Crippen LogP contribution >= 0.6 is 0 Å². The third-order valence-corrected chi connectivity index (χ3v) is 3.56. The van der Waals surface area contributed by atoms with Gasteiger partial charge in [-0.3, -0.25) is 0 Å². The lowest BCUT2D eigenvalue weighted by Gasteiger charge is -2.11. The Morgan fingerprint density at radius 2 is 2.05 bits per heavy atom. The molecule has 0 saturated carbocycles. The summed E-state index contributed by atoms with van der Waals surface area (Å²) in [6, 6.07) is 12.6. The first-order valence-corrected chi connectivity index (χ1v) is 6.48. The SMILES string of the molecule is NC1CCc2c(OCc3cccc(F)c3)cccc21. The zero-order valence-corrected chi connectivity index (χ0v) is 10.6. The van der Waals surface area contributed by atoms with Gasteiger partial charge >= 0.3 is 0 Å². The van der Waals surface area contributed by atoms with Gasteiger partial charge in [0.25, 0.3) is 0 Å². The van der Waals surface area contributed by atoms with Crippen LogP contribution in [-0.2, 0) is 13.0 Å². The molecule has 3 heteroatoms. The Bertz CT molecular complexity index is 597. The predicted molar refractivity (Wildman–Crippen MR) is 72.4 cm³/mol. The van der Waals surface area contributed by atoms with Crippen LogP contribution in [0.25, 0.3) is 0 Å². The maximum atomic E-state index is 13.1. The lowest BCUT2D eigenvalue weighted by Crippen LogP contribution is -2.05. The molecular weight excluding hydrogens is 241 g/mol. The van der Waals surface area contributed by atoms with E-state index in [2.05, 4.69) is 6.07 Å². The number of fused-ring (bicyclic) bond motifs is 1. The van der Waals surface area contributed by atoms with Gasteiger partial charge in [0.05, 0.1) is 0 Å². The van der Waals surface area contributed by atoms with Crippen molar-refractivity contribution < 1.29 is 9.13 Å². The standard InChI is InChI=1S/C16H16FNO/c17-12-4-1-3-11(9-12)10-19-16-6-2-5-13-14(16)7-8-15(13)18/h1-6,9,15H,7-8,10,18H2. The van der Waals surface area contributed by atoms with Crippen LogP contribution in [0.3, 0.4) is 0 Å². The third-order valence-electron chi connectivity index (χ3n) is 3.56. The molecule has 0 saturated heterocycles. The Labute approximate surface area is 112 Å². The van der Waals surface area contributed by atoms with Crippen molar-refractivity contribution in [2.75, 3.05) is 0 Å². The molecule has 2 aromatic carbocycles. The quantitative estimate of drug-likeness (QED) is 0.915. The fourth-order valence-corrected chi connectivity index (χ4v) is 2.58. The van der Waals surface area contributed by atoms with Crippen LogP contribution in [0.1, 0.15) is 29.2 Å². The summed E-state index contributed by atoms with van der Waals surface area (Å²) >= 11 is 0. The summed E-state index contributed by atoms with van der Waals surface area (Å²) in [5, 5.41) is 0. The van der Waals surface area contributed by atoms with E-state index in [9.17, 15) is 4.39 Å². The molecule has 0 heterocycles. The number of halogens is 1. The first-order chi connectivity index (χ1) is 9.24. The molecule has 0 aromatic heterocycles. The van der Waals surface area contributed by atoms with Gasteiger partial charge in [0.1, 0.15) is 18.2 Å². The fraction of sp³-hybridized carbons (Fsp3) is 0.250. The van der Waals surface area contributed by atoms with E-state index in [1.54, 1.807) is 6.07 Å². The number of hydrogen-bond acceptors (Lipinski definition) is 2. The summed E-state index contributed by atoms with van der Waals surface area (Å²) in [6.45, 7) is 0.378. The normalized spacial score (nSPS) is 17.3. The molecule has 1 atom stereocenters. The maximum Gasteiger partial charge on any atom is 0.123 e. The highest BCUT2D eigenvalue weighted by Crippen LogP contribution is 2.35. The minimum absolute atomic E-state index is 0.118. The Kier molecular flexibility index (Phi) is 3.22. The van der Waals surface area contributed by atoms with Gasteiger partial charge < -0.3 is 10.5 Å². The van der Waals surface area contributed by atoms with Crippen molar-refractivity contribution in [3.63, 3.8) is 0 Å². The van der Waals surface area contributed by atoms with E-state index in [0.29, 0.717) is 6.61 Å². The van der Waals surface area contributed by atoms with Crippen LogP contribution in [0.5, 0.6) is 5.75 Å². The first-order valence-electron chi connectivity index (χ1n) is 6.48. The highest BCUT2D eigenvalue weighted by atomic mass is 19.1. The molecule has 0 spiro atoms. The van der Waals surface area contributed by atoms with Gasteiger partial charge in [-0.05, 0) is 47.7 Å². The van der Waals surface area contributed by atoms with Gasteiger partial charge in [-0.25, -0.2) is 4.39 Å². The fourth-order valence-electron chi connectivity index (χ4n) is 2.58. The zero-order chi connectivity index (χ0) is 13.2. The lowest BCUT2D eigenvalue weighted by molar-refractivity contribution is 0.302. The van der Waals surface area contributed by atoms with Crippen LogP contribution in [0.2, 0.25) is 0 Å². The van der Waals surface area contributed by atoms with Gasteiger partial charge in [-0.15, -0.1) is 0 Å². The summed E-state index contributed by atoms with van der Waals surface area (Å²) in [4.78, 5) is 0. The summed E-state index contributed by atoms with van der Waals surface area (Å²) in [7, 11) is 0. The first kappa shape index (κ1) is 12.2. The molecule has 0 aliphatic heterocycles. The number of benzene rings is 2. The highest BCUT2D eigenvalue weighted by Gasteiger charge is 2.21. The molecule has 0 radical (unpaired) electrons. The molecule has 19 heavy (non-hydrogen) atoms. The average Bonchev–Trinajstić information content (AvgIpc) is 2.79. The molecular formula is C16H16FNO. The van der Waals surface area contributed by atoms with Crippen LogP contribution in [0, 0.1) is 5.82 Å². The molecule has 98 valence electrons. The van der Waals surface area contributed by atoms with Gasteiger partial charge in [-0.2, -0.15) is 0 Å². The van der Waals surface area contributed by atoms with E-state index in [-0.39, 0.29) is 11.9 Å². The molecule has 3 rings (SSSR count). The number of rotatable bonds is 3. The second-order valence-corrected chi connectivity index (χ2v) is 4.89. The Morgan fingerprint density at radius 3 is 2.89 bits per heavy atom. The summed E-state index contributed by atoms with van der Waals surface area (Å²) in [6.07, 6.45) is 1.92. The maximum absolute atomic E-state index is 13.1. The molecule has 2 aromatic rings. The van der Waals surface area contributed by atoms with E-state index in [1.807, 2.05) is 18.2 Å². The van der Waals surface area contributed by atoms with Crippen molar-refractivity contribution in [2.24, 2.45) is 5.73 Å². The Balaban J connectivity index is 1.78. The Morgan fingerprint density at radius 1 is 1.21 bits per heavy atom. The van der Waals surface area contributed by atoms with E-state index < -0.39 is 0 Å². The summed E-state index contributed by atoms with van der Waals surface area (Å²) < 4.78 is 18.9. The monoisotopic (exact) mass is 257 g/mol. The minimum atomic E-state index is -0.235. The molecule has 2 N–H and O–H groups in total. The van der Waals surface area contributed by atoms with Crippen molar-refractivity contribution in [3.8, 4) is 5.75 Å². The van der Waals surface area contributed by atoms with E-state index >= 15 is 0 Å². The number of nitrogens with two attached hydrogens (primary N) is 1. The molecule has 0 amide bonds. The van der Waals surface area contributed by atoms with Gasteiger partial charge in [-0.1, -0.05) is 24.3 Å². The van der Waals surface area contributed by atoms with Crippen LogP contribution in [0.15, 0.2) is 42.5 Å². The number of ether oxygens (including phenoxy) is 1. The minimum Gasteiger partial charge on any atom is -0.489 e. The lowest BCUT2D eigenvalue weighted by atomic mass is 10.1. The molecule has 2 nitrogen and oxygen atoms in total. The highest BCUT2D eigenvalue weighted by molar-refractivity contribution is 5.45. The largest absolute Gasteiger partial charge is 0.489 e. The van der Waals surface area contributed by atoms with Crippen molar-refractivity contribution in [1.82, 2.24) is 0 Å². The van der Waals surface area contributed by atoms with Crippen molar-refractivity contribution in [2.45, 2.75) is 25.5 Å². The van der Waals surface area contributed by atoms with Crippen LogP contribution < -0.4 is 10.5 Å². The smallest absolute Gasteiger partial charge is 0.123 e. The van der Waals surface area contributed by atoms with Crippen molar-refractivity contribution in [1.29, 1.82) is 0 Å². The topological polar surface area (TPSA) is 35.2 Å². The van der Waals surface area contributed by atoms with Crippen molar-refractivity contribution >= 4 is 0 Å².